The van der Waals surface area contributed by atoms with Gasteiger partial charge in [-0.3, -0.25) is 14.2 Å². The molecule has 3 rings (SSSR count). The Bertz CT molecular complexity index is 1150. The average Bonchev–Trinajstić information content (AvgIpc) is 3.19. The van der Waals surface area contributed by atoms with Crippen LogP contribution < -0.4 is 10.1 Å². The number of para-hydroxylation sites is 1. The molecule has 1 unspecified atom stereocenters. The van der Waals surface area contributed by atoms with Crippen molar-refractivity contribution in [2.45, 2.75) is 43.8 Å². The second kappa shape index (κ2) is 12.1. The van der Waals surface area contributed by atoms with Crippen LogP contribution in [-0.2, 0) is 24.4 Å². The van der Waals surface area contributed by atoms with Crippen molar-refractivity contribution in [3.05, 3.63) is 84.0 Å². The maximum Gasteiger partial charge on any atom is 0.216 e. The minimum absolute atomic E-state index is 0.0317. The van der Waals surface area contributed by atoms with Crippen molar-refractivity contribution in [2.24, 2.45) is 0 Å². The Morgan fingerprint density at radius 2 is 1.94 bits per heavy atom. The van der Waals surface area contributed by atoms with Crippen molar-refractivity contribution in [3.63, 3.8) is 0 Å². The second-order valence-corrected chi connectivity index (χ2v) is 8.88. The molecule has 0 bridgehead atoms. The van der Waals surface area contributed by atoms with Crippen LogP contribution in [-0.4, -0.2) is 38.2 Å². The molecule has 178 valence electrons. The minimum atomic E-state index is -0.452. The number of aromatic nitrogens is 3. The van der Waals surface area contributed by atoms with Gasteiger partial charge in [-0.2, -0.15) is 0 Å². The Labute approximate surface area is 202 Å². The molecule has 0 aliphatic carbocycles. The van der Waals surface area contributed by atoms with Gasteiger partial charge in [-0.05, 0) is 31.0 Å². The highest BCUT2D eigenvalue weighted by molar-refractivity contribution is 8.00. The van der Waals surface area contributed by atoms with Gasteiger partial charge >= 0.3 is 0 Å². The number of rotatable bonds is 12. The largest absolute Gasteiger partial charge is 0.483 e. The van der Waals surface area contributed by atoms with E-state index in [9.17, 15) is 14.0 Å². The summed E-state index contributed by atoms with van der Waals surface area (Å²) in [5.41, 5.74) is 1.64. The number of allylic oxidation sites excluding steroid dienone is 1. The van der Waals surface area contributed by atoms with Gasteiger partial charge in [-0.1, -0.05) is 54.2 Å². The number of carbonyl (C=O) groups is 2. The Morgan fingerprint density at radius 1 is 1.21 bits per heavy atom. The fourth-order valence-corrected chi connectivity index (χ4v) is 4.15. The fraction of sp³-hybridized carbons (Fsp3) is 0.280. The predicted molar refractivity (Wildman–Crippen MR) is 129 cm³/mol. The molecule has 0 spiro atoms. The second-order valence-electron chi connectivity index (χ2n) is 7.57. The summed E-state index contributed by atoms with van der Waals surface area (Å²) in [6, 6.07) is 13.5. The van der Waals surface area contributed by atoms with Crippen LogP contribution in [0.2, 0.25) is 0 Å². The summed E-state index contributed by atoms with van der Waals surface area (Å²) >= 11 is 1.29. The molecule has 0 radical (unpaired) electrons. The van der Waals surface area contributed by atoms with E-state index in [1.807, 2.05) is 19.1 Å². The third kappa shape index (κ3) is 6.77. The molecule has 1 heterocycles. The van der Waals surface area contributed by atoms with E-state index in [1.54, 1.807) is 41.0 Å². The molecule has 2 aromatic carbocycles. The molecule has 0 aliphatic heterocycles. The van der Waals surface area contributed by atoms with E-state index in [-0.39, 0.29) is 24.0 Å². The first kappa shape index (κ1) is 25.2. The zero-order valence-electron chi connectivity index (χ0n) is 19.2. The first-order valence-electron chi connectivity index (χ1n) is 10.8. The lowest BCUT2D eigenvalue weighted by Gasteiger charge is -2.13. The third-order valence-electron chi connectivity index (χ3n) is 4.98. The van der Waals surface area contributed by atoms with Crippen LogP contribution in [0.1, 0.15) is 35.6 Å². The van der Waals surface area contributed by atoms with Gasteiger partial charge in [0.25, 0.3) is 0 Å². The molecule has 1 atom stereocenters. The Kier molecular flexibility index (Phi) is 8.98. The van der Waals surface area contributed by atoms with Crippen LogP contribution in [0, 0.1) is 5.82 Å². The van der Waals surface area contributed by atoms with Crippen molar-refractivity contribution >= 4 is 23.5 Å². The summed E-state index contributed by atoms with van der Waals surface area (Å²) in [4.78, 5) is 24.0. The highest BCUT2D eigenvalue weighted by Crippen LogP contribution is 2.26. The van der Waals surface area contributed by atoms with E-state index < -0.39 is 11.1 Å². The topological polar surface area (TPSA) is 86.1 Å². The monoisotopic (exact) mass is 482 g/mol. The van der Waals surface area contributed by atoms with Gasteiger partial charge < -0.3 is 10.1 Å². The Morgan fingerprint density at radius 3 is 2.62 bits per heavy atom. The number of Topliss-reactive ketones (excluding diaryl/α,β-unsaturated/α-hetero) is 1. The zero-order valence-corrected chi connectivity index (χ0v) is 20.0. The van der Waals surface area contributed by atoms with Crippen molar-refractivity contribution in [1.82, 2.24) is 20.1 Å². The number of nitrogens with one attached hydrogen (secondary N) is 1. The number of carbonyl (C=O) groups excluding carboxylic acids is 2. The Hall–Kier alpha value is -3.46. The molecule has 0 saturated heterocycles. The highest BCUT2D eigenvalue weighted by atomic mass is 32.2. The van der Waals surface area contributed by atoms with E-state index >= 15 is 0 Å². The van der Waals surface area contributed by atoms with Crippen LogP contribution in [0.25, 0.3) is 0 Å². The molecule has 7 nitrogen and oxygen atoms in total. The van der Waals surface area contributed by atoms with E-state index in [1.165, 1.54) is 24.8 Å². The number of amides is 1. The first-order valence-corrected chi connectivity index (χ1v) is 11.7. The van der Waals surface area contributed by atoms with Crippen LogP contribution in [0.5, 0.6) is 5.75 Å². The van der Waals surface area contributed by atoms with E-state index in [4.69, 9.17) is 4.74 Å². The standard InChI is InChI=1S/C25H27FN4O3S/c1-4-15-30-23(16-33-22-8-6-5-7-21(22)26)28-29-25(30)34-17(2)24(32)20-11-9-19(10-12-20)13-14-27-18(3)31/h4-12,17H,1,13-16H2,2-3H3,(H,27,31). The van der Waals surface area contributed by atoms with Gasteiger partial charge in [-0.25, -0.2) is 4.39 Å². The molecule has 34 heavy (non-hydrogen) atoms. The van der Waals surface area contributed by atoms with Crippen LogP contribution >= 0.6 is 11.8 Å². The quantitative estimate of drug-likeness (QED) is 0.236. The van der Waals surface area contributed by atoms with Gasteiger partial charge in [0.15, 0.2) is 28.3 Å². The highest BCUT2D eigenvalue weighted by Gasteiger charge is 2.21. The van der Waals surface area contributed by atoms with E-state index in [0.717, 1.165) is 5.56 Å². The fourth-order valence-electron chi connectivity index (χ4n) is 3.19. The van der Waals surface area contributed by atoms with Gasteiger partial charge in [0, 0.05) is 25.6 Å². The SMILES string of the molecule is C=CCn1c(COc2ccccc2F)nnc1SC(C)C(=O)c1ccc(CCNC(C)=O)cc1. The van der Waals surface area contributed by atoms with E-state index in [2.05, 4.69) is 22.1 Å². The number of ether oxygens (including phenoxy) is 1. The van der Waals surface area contributed by atoms with Crippen molar-refractivity contribution in [3.8, 4) is 5.75 Å². The average molecular weight is 483 g/mol. The number of hydrogen-bond donors (Lipinski definition) is 1. The summed E-state index contributed by atoms with van der Waals surface area (Å²) in [6.07, 6.45) is 2.40. The van der Waals surface area contributed by atoms with Gasteiger partial charge in [0.2, 0.25) is 5.91 Å². The summed E-state index contributed by atoms with van der Waals surface area (Å²) in [5.74, 6) is 0.0922. The summed E-state index contributed by atoms with van der Waals surface area (Å²) in [7, 11) is 0. The maximum absolute atomic E-state index is 13.8. The van der Waals surface area contributed by atoms with Crippen molar-refractivity contribution in [2.75, 3.05) is 6.54 Å². The summed E-state index contributed by atoms with van der Waals surface area (Å²) in [5, 5.41) is 11.3. The number of benzene rings is 2. The molecule has 0 aliphatic rings. The van der Waals surface area contributed by atoms with Crippen molar-refractivity contribution in [1.29, 1.82) is 0 Å². The molecule has 1 aromatic heterocycles. The van der Waals surface area contributed by atoms with Crippen LogP contribution in [0.4, 0.5) is 4.39 Å². The first-order chi connectivity index (χ1) is 16.4. The molecule has 1 amide bonds. The lowest BCUT2D eigenvalue weighted by molar-refractivity contribution is -0.118. The third-order valence-corrected chi connectivity index (χ3v) is 6.06. The Balaban J connectivity index is 1.64. The molecular weight excluding hydrogens is 455 g/mol. The smallest absolute Gasteiger partial charge is 0.216 e. The summed E-state index contributed by atoms with van der Waals surface area (Å²) in [6.45, 7) is 8.09. The number of ketones is 1. The van der Waals surface area contributed by atoms with Crippen molar-refractivity contribution < 1.29 is 18.7 Å². The van der Waals surface area contributed by atoms with Gasteiger partial charge in [0.1, 0.15) is 6.61 Å². The number of halogens is 1. The molecule has 9 heteroatoms. The zero-order chi connectivity index (χ0) is 24.5. The minimum Gasteiger partial charge on any atom is -0.483 e. The molecule has 1 N–H and O–H groups in total. The maximum atomic E-state index is 13.8. The normalized spacial score (nSPS) is 11.6. The predicted octanol–water partition coefficient (Wildman–Crippen LogP) is 4.22. The van der Waals surface area contributed by atoms with Crippen LogP contribution in [0.3, 0.4) is 0 Å². The molecule has 0 fully saturated rings. The lowest BCUT2D eigenvalue weighted by atomic mass is 10.0. The number of hydrogen-bond acceptors (Lipinski definition) is 6. The molecule has 3 aromatic rings. The number of nitrogens with zero attached hydrogens (tertiary/aromatic N) is 3. The van der Waals surface area contributed by atoms with Gasteiger partial charge in [-0.15, -0.1) is 16.8 Å². The number of thioether (sulfide) groups is 1. The van der Waals surface area contributed by atoms with E-state index in [0.29, 0.717) is 36.1 Å². The van der Waals surface area contributed by atoms with Gasteiger partial charge in [0.05, 0.1) is 5.25 Å². The van der Waals surface area contributed by atoms with Crippen LogP contribution in [0.15, 0.2) is 66.3 Å². The molecule has 0 saturated carbocycles. The molecular formula is C25H27FN4O3S. The summed E-state index contributed by atoms with van der Waals surface area (Å²) < 4.78 is 21.2. The lowest BCUT2D eigenvalue weighted by Crippen LogP contribution is -2.22.